The summed E-state index contributed by atoms with van der Waals surface area (Å²) in [6, 6.07) is 9.59. The Balaban J connectivity index is 3.11. The van der Waals surface area contributed by atoms with Gasteiger partial charge in [0.1, 0.15) is 5.75 Å². The van der Waals surface area contributed by atoms with Crippen LogP contribution in [0.4, 0.5) is 0 Å². The number of hydrogen-bond acceptors (Lipinski definition) is 2. The fourth-order valence-electron chi connectivity index (χ4n) is 2.09. The molecular formula is C14H24O2Si. The summed E-state index contributed by atoms with van der Waals surface area (Å²) >= 11 is 0. The van der Waals surface area contributed by atoms with Crippen molar-refractivity contribution in [3.05, 3.63) is 30.3 Å². The van der Waals surface area contributed by atoms with Crippen LogP contribution in [0.3, 0.4) is 0 Å². The van der Waals surface area contributed by atoms with Crippen LogP contribution in [0.5, 0.6) is 5.75 Å². The smallest absolute Gasteiger partial charge is 0.407 e. The Labute approximate surface area is 106 Å². The molecule has 3 heteroatoms. The Morgan fingerprint density at radius 1 is 0.882 bits per heavy atom. The van der Waals surface area contributed by atoms with E-state index in [-0.39, 0.29) is 10.1 Å². The van der Waals surface area contributed by atoms with Gasteiger partial charge in [0, 0.05) is 10.1 Å². The van der Waals surface area contributed by atoms with Gasteiger partial charge in [-0.3, -0.25) is 0 Å². The van der Waals surface area contributed by atoms with Gasteiger partial charge < -0.3 is 9.22 Å². The second kappa shape index (κ2) is 4.46. The van der Waals surface area contributed by atoms with E-state index in [2.05, 4.69) is 0 Å². The predicted molar refractivity (Wildman–Crippen MR) is 74.5 cm³/mol. The molecule has 0 saturated carbocycles. The molecule has 0 unspecified atom stereocenters. The van der Waals surface area contributed by atoms with Crippen molar-refractivity contribution in [2.45, 2.75) is 51.6 Å². The van der Waals surface area contributed by atoms with Crippen molar-refractivity contribution in [1.29, 1.82) is 0 Å². The van der Waals surface area contributed by atoms with Gasteiger partial charge in [0.05, 0.1) is 0 Å². The van der Waals surface area contributed by atoms with E-state index < -0.39 is 8.56 Å². The lowest BCUT2D eigenvalue weighted by Gasteiger charge is -2.45. The standard InChI is InChI=1S/C14H24O2Si/c1-13(2,3)17(15,14(4,5)6)16-12-10-8-7-9-11-12/h7-11,15H,1-6H3. The minimum Gasteiger partial charge on any atom is -0.520 e. The summed E-state index contributed by atoms with van der Waals surface area (Å²) in [4.78, 5) is 11.1. The summed E-state index contributed by atoms with van der Waals surface area (Å²) in [5, 5.41) is -0.470. The topological polar surface area (TPSA) is 29.5 Å². The Kier molecular flexibility index (Phi) is 3.74. The third kappa shape index (κ3) is 2.90. The van der Waals surface area contributed by atoms with Crippen molar-refractivity contribution in [3.8, 4) is 5.75 Å². The number of benzene rings is 1. The molecule has 1 rings (SSSR count). The molecule has 0 heterocycles. The molecule has 0 aromatic heterocycles. The first-order valence-electron chi connectivity index (χ1n) is 6.04. The maximum atomic E-state index is 11.1. The highest BCUT2D eigenvalue weighted by Crippen LogP contribution is 2.49. The second-order valence-corrected chi connectivity index (χ2v) is 11.1. The zero-order valence-electron chi connectivity index (χ0n) is 11.7. The summed E-state index contributed by atoms with van der Waals surface area (Å²) in [5.41, 5.74) is 0. The molecular weight excluding hydrogens is 228 g/mol. The van der Waals surface area contributed by atoms with Gasteiger partial charge in [-0.15, -0.1) is 0 Å². The van der Waals surface area contributed by atoms with Gasteiger partial charge in [-0.05, 0) is 12.1 Å². The fourth-order valence-corrected chi connectivity index (χ4v) is 5.43. The molecule has 0 aliphatic heterocycles. The number of para-hydroxylation sites is 1. The largest absolute Gasteiger partial charge is 0.520 e. The van der Waals surface area contributed by atoms with E-state index in [0.29, 0.717) is 0 Å². The van der Waals surface area contributed by atoms with Crippen LogP contribution in [-0.2, 0) is 0 Å². The van der Waals surface area contributed by atoms with Crippen LogP contribution >= 0.6 is 0 Å². The Bertz CT molecular complexity index is 346. The molecule has 0 radical (unpaired) electrons. The maximum absolute atomic E-state index is 11.1. The summed E-state index contributed by atoms with van der Waals surface area (Å²) in [5.74, 6) is 0.756. The van der Waals surface area contributed by atoms with Gasteiger partial charge in [0.25, 0.3) is 0 Å². The normalized spacial score (nSPS) is 13.6. The molecule has 17 heavy (non-hydrogen) atoms. The van der Waals surface area contributed by atoms with Crippen molar-refractivity contribution >= 4 is 8.56 Å². The minimum atomic E-state index is -2.89. The third-order valence-corrected chi connectivity index (χ3v) is 7.64. The van der Waals surface area contributed by atoms with E-state index in [4.69, 9.17) is 4.43 Å². The van der Waals surface area contributed by atoms with Gasteiger partial charge in [0.2, 0.25) is 0 Å². The molecule has 0 aliphatic rings. The fraction of sp³-hybridized carbons (Fsp3) is 0.571. The zero-order valence-corrected chi connectivity index (χ0v) is 12.7. The van der Waals surface area contributed by atoms with E-state index in [1.165, 1.54) is 0 Å². The van der Waals surface area contributed by atoms with Gasteiger partial charge in [-0.25, -0.2) is 0 Å². The molecule has 0 aliphatic carbocycles. The molecule has 1 N–H and O–H groups in total. The summed E-state index contributed by atoms with van der Waals surface area (Å²) in [7, 11) is -2.89. The summed E-state index contributed by atoms with van der Waals surface area (Å²) < 4.78 is 6.03. The first-order chi connectivity index (χ1) is 7.58. The Morgan fingerprint density at radius 2 is 1.29 bits per heavy atom. The average Bonchev–Trinajstić information content (AvgIpc) is 2.15. The van der Waals surface area contributed by atoms with Crippen LogP contribution in [0.25, 0.3) is 0 Å². The predicted octanol–water partition coefficient (Wildman–Crippen LogP) is 4.10. The van der Waals surface area contributed by atoms with Crippen molar-refractivity contribution in [2.75, 3.05) is 0 Å². The summed E-state index contributed by atoms with van der Waals surface area (Å²) in [6.07, 6.45) is 0. The van der Waals surface area contributed by atoms with Crippen LogP contribution in [0.1, 0.15) is 41.5 Å². The van der Waals surface area contributed by atoms with Crippen molar-refractivity contribution in [2.24, 2.45) is 0 Å². The molecule has 0 atom stereocenters. The van der Waals surface area contributed by atoms with Crippen LogP contribution < -0.4 is 4.43 Å². The van der Waals surface area contributed by atoms with Crippen LogP contribution in [0.15, 0.2) is 30.3 Å². The van der Waals surface area contributed by atoms with E-state index in [1.54, 1.807) is 0 Å². The monoisotopic (exact) mass is 252 g/mol. The maximum Gasteiger partial charge on any atom is 0.407 e. The van der Waals surface area contributed by atoms with E-state index >= 15 is 0 Å². The highest BCUT2D eigenvalue weighted by Gasteiger charge is 2.57. The van der Waals surface area contributed by atoms with E-state index in [9.17, 15) is 4.80 Å². The SMILES string of the molecule is CC(C)(C)[Si](O)(Oc1ccccc1)C(C)(C)C. The van der Waals surface area contributed by atoms with E-state index in [1.807, 2.05) is 71.9 Å². The highest BCUT2D eigenvalue weighted by atomic mass is 28.4. The molecule has 1 aromatic carbocycles. The quantitative estimate of drug-likeness (QED) is 0.803. The minimum absolute atomic E-state index is 0.235. The molecule has 1 aromatic rings. The first-order valence-corrected chi connectivity index (χ1v) is 7.90. The van der Waals surface area contributed by atoms with Crippen molar-refractivity contribution < 1.29 is 9.22 Å². The molecule has 2 nitrogen and oxygen atoms in total. The number of hydrogen-bond donors (Lipinski definition) is 1. The molecule has 0 bridgehead atoms. The van der Waals surface area contributed by atoms with Crippen LogP contribution in [0.2, 0.25) is 10.1 Å². The van der Waals surface area contributed by atoms with Crippen molar-refractivity contribution in [3.63, 3.8) is 0 Å². The number of rotatable bonds is 2. The highest BCUT2D eigenvalue weighted by molar-refractivity contribution is 6.72. The summed E-state index contributed by atoms with van der Waals surface area (Å²) in [6.45, 7) is 12.3. The van der Waals surface area contributed by atoms with Crippen molar-refractivity contribution in [1.82, 2.24) is 0 Å². The molecule has 0 spiro atoms. The third-order valence-electron chi connectivity index (χ3n) is 3.04. The van der Waals surface area contributed by atoms with Gasteiger partial charge in [0.15, 0.2) is 0 Å². The molecule has 0 saturated heterocycles. The average molecular weight is 252 g/mol. The van der Waals surface area contributed by atoms with Crippen LogP contribution in [0, 0.1) is 0 Å². The zero-order chi connectivity index (χ0) is 13.3. The van der Waals surface area contributed by atoms with E-state index in [0.717, 1.165) is 5.75 Å². The second-order valence-electron chi connectivity index (χ2n) is 6.56. The van der Waals surface area contributed by atoms with Gasteiger partial charge in [-0.1, -0.05) is 59.7 Å². The van der Waals surface area contributed by atoms with Crippen LogP contribution in [-0.4, -0.2) is 13.4 Å². The first kappa shape index (κ1) is 14.3. The molecule has 0 fully saturated rings. The molecule has 96 valence electrons. The lowest BCUT2D eigenvalue weighted by atomic mass is 10.2. The Morgan fingerprint density at radius 3 is 1.65 bits per heavy atom. The van der Waals surface area contributed by atoms with Gasteiger partial charge >= 0.3 is 8.56 Å². The van der Waals surface area contributed by atoms with Gasteiger partial charge in [-0.2, -0.15) is 0 Å². The Hall–Kier alpha value is -0.803. The lowest BCUT2D eigenvalue weighted by molar-refractivity contribution is 0.284. The lowest BCUT2D eigenvalue weighted by Crippen LogP contribution is -2.57. The molecule has 0 amide bonds.